The minimum atomic E-state index is -2.69. The maximum atomic E-state index is 12.7. The quantitative estimate of drug-likeness (QED) is 0.903. The lowest BCUT2D eigenvalue weighted by Gasteiger charge is -2.48. The van der Waals surface area contributed by atoms with E-state index in [1.54, 1.807) is 13.0 Å². The second kappa shape index (κ2) is 4.78. The third-order valence-corrected chi connectivity index (χ3v) is 4.14. The molecule has 6 nitrogen and oxygen atoms in total. The maximum absolute atomic E-state index is 12.7. The van der Waals surface area contributed by atoms with Crippen LogP contribution in [0.3, 0.4) is 0 Å². The Morgan fingerprint density at radius 2 is 2.10 bits per heavy atom. The summed E-state index contributed by atoms with van der Waals surface area (Å²) in [6.45, 7) is 4.00. The number of hydrogen-bond acceptors (Lipinski definition) is 4. The fourth-order valence-electron chi connectivity index (χ4n) is 3.12. The molecule has 2 aliphatic rings. The maximum Gasteiger partial charge on any atom is 0.407 e. The van der Waals surface area contributed by atoms with Crippen molar-refractivity contribution in [3.8, 4) is 0 Å². The van der Waals surface area contributed by atoms with Crippen LogP contribution in [0.25, 0.3) is 0 Å². The van der Waals surface area contributed by atoms with E-state index in [0.29, 0.717) is 37.7 Å². The van der Waals surface area contributed by atoms with E-state index in [-0.39, 0.29) is 5.41 Å². The Morgan fingerprint density at radius 1 is 1.38 bits per heavy atom. The van der Waals surface area contributed by atoms with Crippen molar-refractivity contribution in [3.05, 3.63) is 17.6 Å². The second-order valence-electron chi connectivity index (χ2n) is 5.84. The molecule has 1 amide bonds. The van der Waals surface area contributed by atoms with Gasteiger partial charge in [0.25, 0.3) is 6.43 Å². The summed E-state index contributed by atoms with van der Waals surface area (Å²) in [7, 11) is 0. The largest absolute Gasteiger partial charge is 0.465 e. The number of amides is 1. The van der Waals surface area contributed by atoms with Gasteiger partial charge in [-0.2, -0.15) is 0 Å². The molecule has 3 rings (SSSR count). The van der Waals surface area contributed by atoms with Crippen molar-refractivity contribution in [1.29, 1.82) is 0 Å². The lowest BCUT2D eigenvalue weighted by Crippen LogP contribution is -2.58. The predicted octanol–water partition coefficient (Wildman–Crippen LogP) is 1.91. The van der Waals surface area contributed by atoms with Gasteiger partial charge in [0.1, 0.15) is 5.82 Å². The summed E-state index contributed by atoms with van der Waals surface area (Å²) >= 11 is 0. The van der Waals surface area contributed by atoms with Gasteiger partial charge in [0.05, 0.1) is 0 Å². The molecule has 1 spiro atoms. The van der Waals surface area contributed by atoms with Gasteiger partial charge >= 0.3 is 6.09 Å². The zero-order valence-electron chi connectivity index (χ0n) is 11.6. The topological polar surface area (TPSA) is 69.6 Å². The SMILES string of the molecule is Cc1cc(N2CC3(CCN(C(=O)O)C3)C2)nc(C(F)F)n1. The van der Waals surface area contributed by atoms with E-state index in [2.05, 4.69) is 9.97 Å². The van der Waals surface area contributed by atoms with E-state index in [0.717, 1.165) is 6.42 Å². The Bertz CT molecular complexity index is 575. The van der Waals surface area contributed by atoms with Crippen LogP contribution in [0.5, 0.6) is 0 Å². The Balaban J connectivity index is 1.71. The number of alkyl halides is 2. The standard InChI is InChI=1S/C13H16F2N4O2/c1-8-4-9(17-11(16-8)10(14)15)19-6-13(7-19)2-3-18(5-13)12(20)21/h4,10H,2-3,5-7H2,1H3,(H,20,21). The zero-order chi connectivity index (χ0) is 15.2. The van der Waals surface area contributed by atoms with Gasteiger partial charge in [0.15, 0.2) is 5.82 Å². The number of halogens is 2. The molecule has 3 heterocycles. The summed E-state index contributed by atoms with van der Waals surface area (Å²) in [6.07, 6.45) is -2.78. The number of rotatable bonds is 2. The first-order chi connectivity index (χ1) is 9.88. The summed E-state index contributed by atoms with van der Waals surface area (Å²) in [6, 6.07) is 1.68. The van der Waals surface area contributed by atoms with Gasteiger partial charge in [0.2, 0.25) is 0 Å². The summed E-state index contributed by atoms with van der Waals surface area (Å²) < 4.78 is 25.5. The van der Waals surface area contributed by atoms with E-state index < -0.39 is 18.3 Å². The second-order valence-corrected chi connectivity index (χ2v) is 5.84. The van der Waals surface area contributed by atoms with E-state index in [1.165, 1.54) is 4.90 Å². The third-order valence-electron chi connectivity index (χ3n) is 4.14. The fraction of sp³-hybridized carbons (Fsp3) is 0.615. The highest BCUT2D eigenvalue weighted by Crippen LogP contribution is 2.41. The van der Waals surface area contributed by atoms with E-state index in [9.17, 15) is 13.6 Å². The van der Waals surface area contributed by atoms with Gasteiger partial charge in [-0.1, -0.05) is 0 Å². The van der Waals surface area contributed by atoms with E-state index >= 15 is 0 Å². The van der Waals surface area contributed by atoms with Crippen LogP contribution < -0.4 is 4.90 Å². The van der Waals surface area contributed by atoms with Gasteiger partial charge in [-0.05, 0) is 13.3 Å². The number of hydrogen-bond donors (Lipinski definition) is 1. The van der Waals surface area contributed by atoms with Crippen LogP contribution in [-0.4, -0.2) is 52.2 Å². The summed E-state index contributed by atoms with van der Waals surface area (Å²) in [5, 5.41) is 8.99. The Kier molecular flexibility index (Phi) is 3.18. The van der Waals surface area contributed by atoms with Gasteiger partial charge < -0.3 is 14.9 Å². The molecule has 0 atom stereocenters. The van der Waals surface area contributed by atoms with Crippen LogP contribution >= 0.6 is 0 Å². The van der Waals surface area contributed by atoms with Crippen LogP contribution in [0.15, 0.2) is 6.07 Å². The number of aromatic nitrogens is 2. The molecule has 2 aliphatic heterocycles. The highest BCUT2D eigenvalue weighted by atomic mass is 19.3. The molecule has 0 bridgehead atoms. The third kappa shape index (κ3) is 2.50. The van der Waals surface area contributed by atoms with Crippen LogP contribution in [0.2, 0.25) is 0 Å². The number of likely N-dealkylation sites (tertiary alicyclic amines) is 1. The Hall–Kier alpha value is -1.99. The normalized spacial score (nSPS) is 20.2. The average Bonchev–Trinajstić information content (AvgIpc) is 2.81. The molecule has 0 saturated carbocycles. The monoisotopic (exact) mass is 298 g/mol. The number of aryl methyl sites for hydroxylation is 1. The first-order valence-electron chi connectivity index (χ1n) is 6.75. The summed E-state index contributed by atoms with van der Waals surface area (Å²) in [5.41, 5.74) is 0.456. The van der Waals surface area contributed by atoms with Crippen molar-refractivity contribution in [3.63, 3.8) is 0 Å². The van der Waals surface area contributed by atoms with Gasteiger partial charge in [-0.15, -0.1) is 0 Å². The minimum Gasteiger partial charge on any atom is -0.465 e. The van der Waals surface area contributed by atoms with Crippen LogP contribution in [0.4, 0.5) is 19.4 Å². The molecule has 2 saturated heterocycles. The average molecular weight is 298 g/mol. The fourth-order valence-corrected chi connectivity index (χ4v) is 3.12. The van der Waals surface area contributed by atoms with Gasteiger partial charge in [-0.3, -0.25) is 0 Å². The van der Waals surface area contributed by atoms with Gasteiger partial charge in [0, 0.05) is 43.4 Å². The van der Waals surface area contributed by atoms with Crippen LogP contribution in [0, 0.1) is 12.3 Å². The first-order valence-corrected chi connectivity index (χ1v) is 6.75. The van der Waals surface area contributed by atoms with Crippen molar-refractivity contribution < 1.29 is 18.7 Å². The zero-order valence-corrected chi connectivity index (χ0v) is 11.6. The molecule has 0 aliphatic carbocycles. The van der Waals surface area contributed by atoms with Gasteiger partial charge in [-0.25, -0.2) is 23.5 Å². The Labute approximate surface area is 120 Å². The smallest absolute Gasteiger partial charge is 0.407 e. The number of nitrogens with zero attached hydrogens (tertiary/aromatic N) is 4. The first kappa shape index (κ1) is 14.0. The highest BCUT2D eigenvalue weighted by molar-refractivity contribution is 5.65. The highest BCUT2D eigenvalue weighted by Gasteiger charge is 2.49. The van der Waals surface area contributed by atoms with Crippen molar-refractivity contribution in [1.82, 2.24) is 14.9 Å². The molecule has 114 valence electrons. The molecule has 2 fully saturated rings. The lowest BCUT2D eigenvalue weighted by molar-refractivity contribution is 0.138. The predicted molar refractivity (Wildman–Crippen MR) is 70.6 cm³/mol. The summed E-state index contributed by atoms with van der Waals surface area (Å²) in [5.74, 6) is 0.0433. The lowest BCUT2D eigenvalue weighted by atomic mass is 9.79. The summed E-state index contributed by atoms with van der Waals surface area (Å²) in [4.78, 5) is 21.9. The molecule has 0 aromatic carbocycles. The molecule has 21 heavy (non-hydrogen) atoms. The molecule has 8 heteroatoms. The van der Waals surface area contributed by atoms with Crippen molar-refractivity contribution in [2.24, 2.45) is 5.41 Å². The number of anilines is 1. The molecule has 1 aromatic rings. The minimum absolute atomic E-state index is 0.0533. The molecule has 1 N–H and O–H groups in total. The molecular weight excluding hydrogens is 282 g/mol. The molecule has 0 unspecified atom stereocenters. The molecule has 0 radical (unpaired) electrons. The van der Waals surface area contributed by atoms with Crippen molar-refractivity contribution in [2.45, 2.75) is 19.8 Å². The molecular formula is C13H16F2N4O2. The van der Waals surface area contributed by atoms with E-state index in [4.69, 9.17) is 5.11 Å². The Morgan fingerprint density at radius 3 is 2.67 bits per heavy atom. The molecule has 1 aromatic heterocycles. The van der Waals surface area contributed by atoms with Crippen molar-refractivity contribution in [2.75, 3.05) is 31.1 Å². The number of carboxylic acid groups (broad SMARTS) is 1. The van der Waals surface area contributed by atoms with Crippen molar-refractivity contribution >= 4 is 11.9 Å². The number of carbonyl (C=O) groups is 1. The van der Waals surface area contributed by atoms with E-state index in [1.807, 2.05) is 4.90 Å². The van der Waals surface area contributed by atoms with Crippen LogP contribution in [0.1, 0.15) is 24.4 Å². The van der Waals surface area contributed by atoms with Crippen LogP contribution in [-0.2, 0) is 0 Å².